The molecule has 0 aliphatic carbocycles. The lowest BCUT2D eigenvalue weighted by atomic mass is 9.96. The number of unbranched alkanes of at least 4 members (excludes halogenated alkanes) is 1. The van der Waals surface area contributed by atoms with E-state index >= 15 is 0 Å². The number of hydrogen-bond donors (Lipinski definition) is 2. The van der Waals surface area contributed by atoms with Crippen molar-refractivity contribution in [2.45, 2.75) is 86.9 Å². The van der Waals surface area contributed by atoms with Gasteiger partial charge in [0.1, 0.15) is 17.1 Å². The maximum absolute atomic E-state index is 12.2. The summed E-state index contributed by atoms with van der Waals surface area (Å²) in [5, 5.41) is 6.70. The second-order valence-corrected chi connectivity index (χ2v) is 11.7. The van der Waals surface area contributed by atoms with Gasteiger partial charge in [0.05, 0.1) is 31.6 Å². The Kier molecular flexibility index (Phi) is 11.4. The number of rotatable bonds is 13. The molecule has 0 atom stereocenters. The van der Waals surface area contributed by atoms with E-state index in [1.807, 2.05) is 26.8 Å². The maximum atomic E-state index is 12.2. The van der Waals surface area contributed by atoms with Gasteiger partial charge in [0.25, 0.3) is 0 Å². The number of aryl methyl sites for hydroxylation is 1. The lowest BCUT2D eigenvalue weighted by Crippen LogP contribution is -2.31. The fraction of sp³-hybridized carbons (Fsp3) is 0.600. The average molecular weight is 514 g/mol. The zero-order chi connectivity index (χ0) is 27.6. The number of nitrogens with one attached hydrogen (secondary N) is 2. The Morgan fingerprint density at radius 3 is 2.19 bits per heavy atom. The van der Waals surface area contributed by atoms with Crippen LogP contribution in [-0.4, -0.2) is 43.4 Å². The van der Waals surface area contributed by atoms with Gasteiger partial charge >= 0.3 is 5.97 Å². The highest BCUT2D eigenvalue weighted by Crippen LogP contribution is 2.37. The summed E-state index contributed by atoms with van der Waals surface area (Å²) in [5.74, 6) is 1.29. The Hall–Kier alpha value is -2.64. The van der Waals surface area contributed by atoms with E-state index in [9.17, 15) is 4.79 Å². The van der Waals surface area contributed by atoms with Crippen LogP contribution in [0.1, 0.15) is 78.3 Å². The summed E-state index contributed by atoms with van der Waals surface area (Å²) < 4.78 is 17.2. The first-order chi connectivity index (χ1) is 17.3. The standard InChI is InChI=1S/C30H47N3O4/c1-10-11-12-36-25-13-21(2)28(26(16-25)35-9)22-14-23(17-31-19-27(34)37-30(6,7)8)33-24(15-22)18-32-20-29(3,4)5/h13-16,31-32H,10-12,17-20H2,1-9H3. The number of nitrogens with zero attached hydrogens (tertiary/aromatic N) is 1. The molecule has 206 valence electrons. The molecule has 7 nitrogen and oxygen atoms in total. The Morgan fingerprint density at radius 2 is 1.62 bits per heavy atom. The third-order valence-electron chi connectivity index (χ3n) is 5.44. The zero-order valence-corrected chi connectivity index (χ0v) is 24.3. The molecule has 0 fully saturated rings. The molecule has 1 heterocycles. The molecule has 2 aromatic rings. The third kappa shape index (κ3) is 11.1. The molecule has 0 bridgehead atoms. The van der Waals surface area contributed by atoms with Crippen LogP contribution in [0, 0.1) is 12.3 Å². The van der Waals surface area contributed by atoms with Crippen LogP contribution in [0.2, 0.25) is 0 Å². The van der Waals surface area contributed by atoms with E-state index in [1.54, 1.807) is 7.11 Å². The first-order valence-corrected chi connectivity index (χ1v) is 13.3. The van der Waals surface area contributed by atoms with Crippen molar-refractivity contribution in [3.8, 4) is 22.6 Å². The SMILES string of the molecule is CCCCOc1cc(C)c(-c2cc(CNCC(=O)OC(C)(C)C)nc(CNCC(C)(C)C)c2)c(OC)c1. The highest BCUT2D eigenvalue weighted by molar-refractivity contribution is 5.76. The van der Waals surface area contributed by atoms with Gasteiger partial charge in [-0.05, 0) is 68.9 Å². The third-order valence-corrected chi connectivity index (χ3v) is 5.44. The van der Waals surface area contributed by atoms with Crippen molar-refractivity contribution >= 4 is 5.97 Å². The van der Waals surface area contributed by atoms with Crippen molar-refractivity contribution in [3.63, 3.8) is 0 Å². The van der Waals surface area contributed by atoms with Crippen molar-refractivity contribution in [2.75, 3.05) is 26.8 Å². The van der Waals surface area contributed by atoms with Gasteiger partial charge in [-0.2, -0.15) is 0 Å². The summed E-state index contributed by atoms with van der Waals surface area (Å²) in [6.45, 7) is 19.2. The van der Waals surface area contributed by atoms with Crippen LogP contribution in [-0.2, 0) is 22.6 Å². The van der Waals surface area contributed by atoms with E-state index in [-0.39, 0.29) is 17.9 Å². The largest absolute Gasteiger partial charge is 0.496 e. The fourth-order valence-electron chi connectivity index (χ4n) is 3.88. The quantitative estimate of drug-likeness (QED) is 0.258. The fourth-order valence-corrected chi connectivity index (χ4v) is 3.88. The molecule has 2 rings (SSSR count). The number of carbonyl (C=O) groups excluding carboxylic acids is 1. The normalized spacial score (nSPS) is 11.9. The van der Waals surface area contributed by atoms with Gasteiger partial charge in [-0.15, -0.1) is 0 Å². The summed E-state index contributed by atoms with van der Waals surface area (Å²) >= 11 is 0. The molecule has 0 saturated heterocycles. The molecule has 0 saturated carbocycles. The minimum Gasteiger partial charge on any atom is -0.496 e. The summed E-state index contributed by atoms with van der Waals surface area (Å²) in [5.41, 5.74) is 4.54. The molecule has 0 aliphatic rings. The first kappa shape index (κ1) is 30.6. The highest BCUT2D eigenvalue weighted by Gasteiger charge is 2.17. The first-order valence-electron chi connectivity index (χ1n) is 13.3. The molecule has 0 unspecified atom stereocenters. The van der Waals surface area contributed by atoms with Crippen LogP contribution >= 0.6 is 0 Å². The number of benzene rings is 1. The van der Waals surface area contributed by atoms with E-state index in [1.165, 1.54) is 0 Å². The van der Waals surface area contributed by atoms with Crippen LogP contribution < -0.4 is 20.1 Å². The van der Waals surface area contributed by atoms with Crippen LogP contribution in [0.5, 0.6) is 11.5 Å². The van der Waals surface area contributed by atoms with E-state index in [0.717, 1.165) is 59.0 Å². The number of aromatic nitrogens is 1. The summed E-state index contributed by atoms with van der Waals surface area (Å²) in [6, 6.07) is 8.18. The van der Waals surface area contributed by atoms with Crippen molar-refractivity contribution in [2.24, 2.45) is 5.41 Å². The van der Waals surface area contributed by atoms with Gasteiger partial charge in [-0.1, -0.05) is 34.1 Å². The minimum absolute atomic E-state index is 0.118. The van der Waals surface area contributed by atoms with Crippen LogP contribution in [0.4, 0.5) is 0 Å². The van der Waals surface area contributed by atoms with Crippen LogP contribution in [0.15, 0.2) is 24.3 Å². The maximum Gasteiger partial charge on any atom is 0.320 e. The van der Waals surface area contributed by atoms with E-state index < -0.39 is 5.60 Å². The monoisotopic (exact) mass is 513 g/mol. The lowest BCUT2D eigenvalue weighted by molar-refractivity contribution is -0.153. The van der Waals surface area contributed by atoms with Crippen molar-refractivity contribution in [3.05, 3.63) is 41.2 Å². The molecule has 1 aromatic heterocycles. The molecule has 2 N–H and O–H groups in total. The number of esters is 1. The number of ether oxygens (including phenoxy) is 3. The molecule has 0 amide bonds. The Labute approximate surface area is 223 Å². The minimum atomic E-state index is -0.511. The summed E-state index contributed by atoms with van der Waals surface area (Å²) in [6.07, 6.45) is 2.10. The second kappa shape index (κ2) is 13.8. The van der Waals surface area contributed by atoms with E-state index in [4.69, 9.17) is 19.2 Å². The topological polar surface area (TPSA) is 81.7 Å². The Morgan fingerprint density at radius 1 is 0.973 bits per heavy atom. The van der Waals surface area contributed by atoms with Gasteiger partial charge in [0, 0.05) is 31.3 Å². The predicted octanol–water partition coefficient (Wildman–Crippen LogP) is 5.81. The summed E-state index contributed by atoms with van der Waals surface area (Å²) in [4.78, 5) is 17.0. The second-order valence-electron chi connectivity index (χ2n) is 11.7. The predicted molar refractivity (Wildman–Crippen MR) is 150 cm³/mol. The van der Waals surface area contributed by atoms with Gasteiger partial charge in [-0.3, -0.25) is 9.78 Å². The highest BCUT2D eigenvalue weighted by atomic mass is 16.6. The van der Waals surface area contributed by atoms with Crippen molar-refractivity contribution in [1.29, 1.82) is 0 Å². The van der Waals surface area contributed by atoms with Gasteiger partial charge in [0.2, 0.25) is 0 Å². The molecule has 37 heavy (non-hydrogen) atoms. The zero-order valence-electron chi connectivity index (χ0n) is 24.3. The smallest absolute Gasteiger partial charge is 0.320 e. The summed E-state index contributed by atoms with van der Waals surface area (Å²) in [7, 11) is 1.68. The molecule has 0 spiro atoms. The van der Waals surface area contributed by atoms with E-state index in [0.29, 0.717) is 19.7 Å². The molecule has 0 radical (unpaired) electrons. The molecule has 0 aliphatic heterocycles. The number of methoxy groups -OCH3 is 1. The van der Waals surface area contributed by atoms with Gasteiger partial charge in [0.15, 0.2) is 0 Å². The van der Waals surface area contributed by atoms with Crippen molar-refractivity contribution < 1.29 is 19.0 Å². The van der Waals surface area contributed by atoms with Crippen LogP contribution in [0.25, 0.3) is 11.1 Å². The molecular formula is C30H47N3O4. The van der Waals surface area contributed by atoms with Crippen LogP contribution in [0.3, 0.4) is 0 Å². The number of pyridine rings is 1. The lowest BCUT2D eigenvalue weighted by Gasteiger charge is -2.20. The van der Waals surface area contributed by atoms with Gasteiger partial charge < -0.3 is 24.8 Å². The number of carbonyl (C=O) groups is 1. The van der Waals surface area contributed by atoms with Crippen molar-refractivity contribution in [1.82, 2.24) is 15.6 Å². The molecule has 1 aromatic carbocycles. The molecular weight excluding hydrogens is 466 g/mol. The Balaban J connectivity index is 2.33. The molecule has 7 heteroatoms. The number of hydrogen-bond acceptors (Lipinski definition) is 7. The Bertz CT molecular complexity index is 1020. The van der Waals surface area contributed by atoms with Gasteiger partial charge in [-0.25, -0.2) is 0 Å². The van der Waals surface area contributed by atoms with E-state index in [2.05, 4.69) is 63.5 Å². The average Bonchev–Trinajstić information content (AvgIpc) is 2.76.